The lowest BCUT2D eigenvalue weighted by atomic mass is 9.86. The van der Waals surface area contributed by atoms with Crippen LogP contribution >= 0.6 is 0 Å². The van der Waals surface area contributed by atoms with Gasteiger partial charge in [0.1, 0.15) is 5.82 Å². The molecule has 4 heteroatoms. The fraction of sp³-hybridized carbons (Fsp3) is 0.455. The zero-order valence-corrected chi connectivity index (χ0v) is 16.2. The third-order valence-electron chi connectivity index (χ3n) is 4.95. The molecule has 0 spiro atoms. The van der Waals surface area contributed by atoms with Gasteiger partial charge in [0.25, 0.3) is 5.91 Å². The van der Waals surface area contributed by atoms with Gasteiger partial charge in [-0.25, -0.2) is 4.98 Å². The molecule has 1 unspecified atom stereocenters. The van der Waals surface area contributed by atoms with Crippen LogP contribution in [0.5, 0.6) is 0 Å². The van der Waals surface area contributed by atoms with Crippen molar-refractivity contribution in [3.05, 3.63) is 53.7 Å². The molecule has 26 heavy (non-hydrogen) atoms. The summed E-state index contributed by atoms with van der Waals surface area (Å²) in [4.78, 5) is 19.1. The van der Waals surface area contributed by atoms with Gasteiger partial charge >= 0.3 is 0 Å². The lowest BCUT2D eigenvalue weighted by Crippen LogP contribution is -2.39. The Morgan fingerprint density at radius 3 is 2.62 bits per heavy atom. The highest BCUT2D eigenvalue weighted by molar-refractivity contribution is 5.94. The second kappa shape index (κ2) is 7.48. The molecule has 1 aliphatic rings. The van der Waals surface area contributed by atoms with Crippen LogP contribution in [-0.4, -0.2) is 28.9 Å². The average molecular weight is 351 g/mol. The highest BCUT2D eigenvalue weighted by Crippen LogP contribution is 2.30. The number of nitrogens with zero attached hydrogens (tertiary/aromatic N) is 2. The zero-order chi connectivity index (χ0) is 18.7. The number of anilines is 2. The summed E-state index contributed by atoms with van der Waals surface area (Å²) in [6.45, 7) is 10.5. The summed E-state index contributed by atoms with van der Waals surface area (Å²) in [6, 6.07) is 12.0. The number of pyridine rings is 1. The minimum Gasteiger partial charge on any atom is -0.340 e. The number of hydrogen-bond donors (Lipinski definition) is 1. The van der Waals surface area contributed by atoms with E-state index in [9.17, 15) is 4.79 Å². The molecule has 1 saturated heterocycles. The number of nitrogens with one attached hydrogen (secondary N) is 1. The predicted molar refractivity (Wildman–Crippen MR) is 107 cm³/mol. The van der Waals surface area contributed by atoms with Crippen molar-refractivity contribution in [2.75, 3.05) is 18.4 Å². The van der Waals surface area contributed by atoms with Crippen molar-refractivity contribution >= 4 is 17.4 Å². The normalized spacial score (nSPS) is 17.8. The SMILES string of the molecule is CC1CCCN(C(=O)c2ccc(Nc3ccccc3C(C)(C)C)nc2)C1. The molecule has 1 fully saturated rings. The van der Waals surface area contributed by atoms with Gasteiger partial charge in [0.2, 0.25) is 0 Å². The van der Waals surface area contributed by atoms with Gasteiger partial charge in [-0.2, -0.15) is 0 Å². The Hall–Kier alpha value is -2.36. The van der Waals surface area contributed by atoms with Crippen LogP contribution in [0.15, 0.2) is 42.6 Å². The van der Waals surface area contributed by atoms with Crippen molar-refractivity contribution in [3.8, 4) is 0 Å². The van der Waals surface area contributed by atoms with Gasteiger partial charge in [0.15, 0.2) is 0 Å². The van der Waals surface area contributed by atoms with Crippen LogP contribution < -0.4 is 5.32 Å². The van der Waals surface area contributed by atoms with Crippen LogP contribution in [0.4, 0.5) is 11.5 Å². The Morgan fingerprint density at radius 1 is 1.19 bits per heavy atom. The first-order chi connectivity index (χ1) is 12.3. The maximum atomic E-state index is 12.7. The Morgan fingerprint density at radius 2 is 1.96 bits per heavy atom. The molecule has 1 atom stereocenters. The van der Waals surface area contributed by atoms with E-state index in [1.54, 1.807) is 6.20 Å². The number of hydrogen-bond acceptors (Lipinski definition) is 3. The second-order valence-corrected chi connectivity index (χ2v) is 8.35. The van der Waals surface area contributed by atoms with E-state index in [0.29, 0.717) is 11.5 Å². The highest BCUT2D eigenvalue weighted by atomic mass is 16.2. The first kappa shape index (κ1) is 18.4. The molecule has 1 aliphatic heterocycles. The van der Waals surface area contributed by atoms with E-state index in [1.165, 1.54) is 12.0 Å². The Kier molecular flexibility index (Phi) is 5.30. The van der Waals surface area contributed by atoms with Crippen LogP contribution in [-0.2, 0) is 5.41 Å². The van der Waals surface area contributed by atoms with Crippen molar-refractivity contribution in [2.24, 2.45) is 5.92 Å². The van der Waals surface area contributed by atoms with Crippen molar-refractivity contribution in [1.82, 2.24) is 9.88 Å². The maximum Gasteiger partial charge on any atom is 0.255 e. The number of amides is 1. The fourth-order valence-corrected chi connectivity index (χ4v) is 3.53. The van der Waals surface area contributed by atoms with Gasteiger partial charge in [-0.05, 0) is 47.9 Å². The van der Waals surface area contributed by atoms with Gasteiger partial charge in [-0.1, -0.05) is 45.9 Å². The van der Waals surface area contributed by atoms with Crippen LogP contribution in [0.2, 0.25) is 0 Å². The van der Waals surface area contributed by atoms with E-state index in [0.717, 1.165) is 31.0 Å². The third kappa shape index (κ3) is 4.24. The molecule has 138 valence electrons. The van der Waals surface area contributed by atoms with E-state index in [-0.39, 0.29) is 11.3 Å². The molecule has 0 saturated carbocycles. The number of aromatic nitrogens is 1. The standard InChI is InChI=1S/C22H29N3O/c1-16-8-7-13-25(15-16)21(26)17-11-12-20(23-14-17)24-19-10-6-5-9-18(19)22(2,3)4/h5-6,9-12,14,16H,7-8,13,15H2,1-4H3,(H,23,24). The number of piperidine rings is 1. The fourth-order valence-electron chi connectivity index (χ4n) is 3.53. The van der Waals surface area contributed by atoms with Gasteiger partial charge in [-0.3, -0.25) is 4.79 Å². The first-order valence-corrected chi connectivity index (χ1v) is 9.46. The molecule has 4 nitrogen and oxygen atoms in total. The van der Waals surface area contributed by atoms with Crippen molar-refractivity contribution in [2.45, 2.75) is 46.0 Å². The molecule has 3 rings (SSSR count). The van der Waals surface area contributed by atoms with Crippen molar-refractivity contribution < 1.29 is 4.79 Å². The second-order valence-electron chi connectivity index (χ2n) is 8.35. The third-order valence-corrected chi connectivity index (χ3v) is 4.95. The van der Waals surface area contributed by atoms with Gasteiger partial charge in [-0.15, -0.1) is 0 Å². The smallest absolute Gasteiger partial charge is 0.255 e. The number of carbonyl (C=O) groups excluding carboxylic acids is 1. The summed E-state index contributed by atoms with van der Waals surface area (Å²) in [5.41, 5.74) is 3.00. The number of carbonyl (C=O) groups is 1. The lowest BCUT2D eigenvalue weighted by Gasteiger charge is -2.30. The van der Waals surface area contributed by atoms with Crippen LogP contribution in [0.25, 0.3) is 0 Å². The van der Waals surface area contributed by atoms with Gasteiger partial charge in [0.05, 0.1) is 5.56 Å². The monoisotopic (exact) mass is 351 g/mol. The molecule has 1 aromatic carbocycles. The lowest BCUT2D eigenvalue weighted by molar-refractivity contribution is 0.0682. The summed E-state index contributed by atoms with van der Waals surface area (Å²) in [7, 11) is 0. The molecule has 2 heterocycles. The number of rotatable bonds is 3. The van der Waals surface area contributed by atoms with Crippen LogP contribution in [0.1, 0.15) is 56.5 Å². The van der Waals surface area contributed by atoms with Crippen LogP contribution in [0, 0.1) is 5.92 Å². The topological polar surface area (TPSA) is 45.2 Å². The van der Waals surface area contributed by atoms with E-state index in [4.69, 9.17) is 0 Å². The summed E-state index contributed by atoms with van der Waals surface area (Å²) in [5, 5.41) is 3.40. The molecular formula is C22H29N3O. The maximum absolute atomic E-state index is 12.7. The van der Waals surface area contributed by atoms with Gasteiger partial charge in [0, 0.05) is 25.0 Å². The molecule has 1 aromatic heterocycles. The molecular weight excluding hydrogens is 322 g/mol. The predicted octanol–water partition coefficient (Wildman–Crippen LogP) is 4.99. The quantitative estimate of drug-likeness (QED) is 0.847. The van der Waals surface area contributed by atoms with Gasteiger partial charge < -0.3 is 10.2 Å². The Balaban J connectivity index is 1.74. The van der Waals surface area contributed by atoms with Crippen LogP contribution in [0.3, 0.4) is 0 Å². The van der Waals surface area contributed by atoms with Crippen molar-refractivity contribution in [1.29, 1.82) is 0 Å². The van der Waals surface area contributed by atoms with E-state index < -0.39 is 0 Å². The van der Waals surface area contributed by atoms with E-state index >= 15 is 0 Å². The Bertz CT molecular complexity index is 762. The molecule has 1 N–H and O–H groups in total. The zero-order valence-electron chi connectivity index (χ0n) is 16.2. The molecule has 0 aliphatic carbocycles. The Labute approximate surface area is 156 Å². The molecule has 2 aromatic rings. The summed E-state index contributed by atoms with van der Waals surface area (Å²) in [6.07, 6.45) is 3.98. The number of benzene rings is 1. The molecule has 0 bridgehead atoms. The highest BCUT2D eigenvalue weighted by Gasteiger charge is 2.22. The molecule has 1 amide bonds. The minimum absolute atomic E-state index is 0.0461. The number of likely N-dealkylation sites (tertiary alicyclic amines) is 1. The summed E-state index contributed by atoms with van der Waals surface area (Å²) in [5.74, 6) is 1.42. The average Bonchev–Trinajstić information content (AvgIpc) is 2.61. The van der Waals surface area contributed by atoms with E-state index in [1.807, 2.05) is 23.1 Å². The van der Waals surface area contributed by atoms with E-state index in [2.05, 4.69) is 56.2 Å². The minimum atomic E-state index is 0.0461. The molecule has 0 radical (unpaired) electrons. The summed E-state index contributed by atoms with van der Waals surface area (Å²) >= 11 is 0. The van der Waals surface area contributed by atoms with Crippen molar-refractivity contribution in [3.63, 3.8) is 0 Å². The first-order valence-electron chi connectivity index (χ1n) is 9.46. The summed E-state index contributed by atoms with van der Waals surface area (Å²) < 4.78 is 0. The number of para-hydroxylation sites is 1. The largest absolute Gasteiger partial charge is 0.340 e.